The van der Waals surface area contributed by atoms with Gasteiger partial charge in [-0.25, -0.2) is 0 Å². The molecule has 0 saturated heterocycles. The molecule has 0 unspecified atom stereocenters. The van der Waals surface area contributed by atoms with E-state index in [1.165, 1.54) is 75.6 Å². The van der Waals surface area contributed by atoms with Crippen molar-refractivity contribution in [2.24, 2.45) is 0 Å². The van der Waals surface area contributed by atoms with Gasteiger partial charge in [0.1, 0.15) is 22.8 Å². The summed E-state index contributed by atoms with van der Waals surface area (Å²) in [4.78, 5) is 2.19. The Kier molecular flexibility index (Phi) is 18.5. The number of unbranched alkanes of at least 4 members (excludes halogenated alkanes) is 9. The molecule has 0 spiro atoms. The molecule has 8 heteroatoms. The number of hydrogen-bond donors (Lipinski definition) is 2. The quantitative estimate of drug-likeness (QED) is 0.138. The number of aliphatic hydroxyl groups excluding tert-OH is 2. The normalized spacial score (nSPS) is 10.7. The Hall–Kier alpha value is 0.640. The molecule has 2 aromatic rings. The first-order chi connectivity index (χ1) is 13.7. The molecular weight excluding hydrogens is 642 g/mol. The topological polar surface area (TPSA) is 48.2 Å². The Morgan fingerprint density at radius 1 is 0.600 bits per heavy atom. The molecule has 0 aliphatic heterocycles. The number of rotatable bonds is 15. The third kappa shape index (κ3) is 10.5. The predicted octanol–water partition coefficient (Wildman–Crippen LogP) is -1.40. The molecular formula is C22H38I2N2O2S2. The van der Waals surface area contributed by atoms with Crippen LogP contribution in [0.15, 0.2) is 11.0 Å². The highest BCUT2D eigenvalue weighted by molar-refractivity contribution is 7.09. The molecule has 0 saturated carbocycles. The second kappa shape index (κ2) is 18.1. The molecule has 30 heavy (non-hydrogen) atoms. The molecule has 4 nitrogen and oxygen atoms in total. The van der Waals surface area contributed by atoms with Crippen molar-refractivity contribution < 1.29 is 67.3 Å². The minimum Gasteiger partial charge on any atom is -1.00 e. The molecule has 0 atom stereocenters. The van der Waals surface area contributed by atoms with E-state index in [-0.39, 0.29) is 61.2 Å². The van der Waals surface area contributed by atoms with E-state index in [9.17, 15) is 10.2 Å². The minimum absolute atomic E-state index is 0. The molecule has 174 valence electrons. The van der Waals surface area contributed by atoms with Gasteiger partial charge in [0.2, 0.25) is 11.0 Å². The van der Waals surface area contributed by atoms with Crippen LogP contribution < -0.4 is 57.1 Å². The lowest BCUT2D eigenvalue weighted by molar-refractivity contribution is -0.698. The summed E-state index contributed by atoms with van der Waals surface area (Å²) in [5, 5.41) is 18.5. The summed E-state index contributed by atoms with van der Waals surface area (Å²) in [6.45, 7) is 6.72. The summed E-state index contributed by atoms with van der Waals surface area (Å²) >= 11 is 3.33. The third-order valence-electron chi connectivity index (χ3n) is 5.65. The summed E-state index contributed by atoms with van der Waals surface area (Å²) < 4.78 is 4.58. The second-order valence-corrected chi connectivity index (χ2v) is 9.58. The lowest BCUT2D eigenvalue weighted by Gasteiger charge is -2.02. The molecule has 0 aliphatic carbocycles. The van der Waals surface area contributed by atoms with Crippen LogP contribution in [-0.4, -0.2) is 10.2 Å². The van der Waals surface area contributed by atoms with Gasteiger partial charge < -0.3 is 58.2 Å². The third-order valence-corrected chi connectivity index (χ3v) is 7.79. The fourth-order valence-electron chi connectivity index (χ4n) is 3.63. The number of hydrogen-bond acceptors (Lipinski definition) is 4. The van der Waals surface area contributed by atoms with E-state index in [1.807, 2.05) is 0 Å². The summed E-state index contributed by atoms with van der Waals surface area (Å²) in [7, 11) is 0. The first kappa shape index (κ1) is 30.6. The smallest absolute Gasteiger partial charge is 0.225 e. The fraction of sp³-hybridized carbons (Fsp3) is 0.727. The Bertz CT molecular complexity index is 634. The van der Waals surface area contributed by atoms with Crippen molar-refractivity contribution in [2.75, 3.05) is 0 Å². The zero-order valence-corrected chi connectivity index (χ0v) is 24.4. The number of aromatic nitrogens is 2. The minimum atomic E-state index is 0. The molecule has 0 amide bonds. The number of nitrogens with zero attached hydrogens (tertiary/aromatic N) is 2. The van der Waals surface area contributed by atoms with E-state index >= 15 is 0 Å². The lowest BCUT2D eigenvalue weighted by Crippen LogP contribution is -3.00. The summed E-state index contributed by atoms with van der Waals surface area (Å²) in [5.74, 6) is 0. The van der Waals surface area contributed by atoms with Crippen molar-refractivity contribution in [3.05, 3.63) is 32.2 Å². The van der Waals surface area contributed by atoms with Crippen molar-refractivity contribution >= 4 is 22.7 Å². The molecule has 0 aromatic carbocycles. The van der Waals surface area contributed by atoms with Gasteiger partial charge in [0.15, 0.2) is 11.4 Å². The van der Waals surface area contributed by atoms with Crippen molar-refractivity contribution in [1.29, 1.82) is 0 Å². The van der Waals surface area contributed by atoms with Gasteiger partial charge in [-0.1, -0.05) is 61.2 Å². The highest BCUT2D eigenvalue weighted by atomic mass is 127. The van der Waals surface area contributed by atoms with Crippen LogP contribution in [0.4, 0.5) is 0 Å². The van der Waals surface area contributed by atoms with Crippen LogP contribution in [0.2, 0.25) is 0 Å². The van der Waals surface area contributed by atoms with Crippen LogP contribution in [0.5, 0.6) is 0 Å². The molecule has 0 fully saturated rings. The Morgan fingerprint density at radius 3 is 1.17 bits per heavy atom. The first-order valence-electron chi connectivity index (χ1n) is 10.8. The summed E-state index contributed by atoms with van der Waals surface area (Å²) in [6.07, 6.45) is 13.3. The van der Waals surface area contributed by atoms with Crippen molar-refractivity contribution in [3.8, 4) is 0 Å². The first-order valence-corrected chi connectivity index (χ1v) is 12.6. The predicted molar refractivity (Wildman–Crippen MR) is 117 cm³/mol. The van der Waals surface area contributed by atoms with Gasteiger partial charge in [0, 0.05) is 26.7 Å². The average Bonchev–Trinajstić information content (AvgIpc) is 3.24. The van der Waals surface area contributed by atoms with Crippen LogP contribution in [0.1, 0.15) is 85.4 Å². The van der Waals surface area contributed by atoms with Crippen LogP contribution >= 0.6 is 22.7 Å². The largest absolute Gasteiger partial charge is 1.00 e. The zero-order chi connectivity index (χ0) is 20.2. The Balaban J connectivity index is 0.00000420. The maximum Gasteiger partial charge on any atom is 0.225 e. The van der Waals surface area contributed by atoms with Crippen molar-refractivity contribution in [2.45, 2.75) is 104 Å². The van der Waals surface area contributed by atoms with Gasteiger partial charge in [-0.15, -0.1) is 0 Å². The summed E-state index contributed by atoms with van der Waals surface area (Å²) in [6, 6.07) is 0. The second-order valence-electron chi connectivity index (χ2n) is 7.70. The maximum absolute atomic E-state index is 9.25. The molecule has 2 aromatic heterocycles. The lowest BCUT2D eigenvalue weighted by atomic mass is 10.1. The van der Waals surface area contributed by atoms with E-state index in [1.54, 1.807) is 22.7 Å². The zero-order valence-electron chi connectivity index (χ0n) is 18.4. The number of halogens is 2. The molecule has 0 bridgehead atoms. The molecule has 2 heterocycles. The molecule has 2 N–H and O–H groups in total. The monoisotopic (exact) mass is 680 g/mol. The van der Waals surface area contributed by atoms with Gasteiger partial charge in [-0.3, -0.25) is 0 Å². The number of thiazole rings is 2. The molecule has 2 rings (SSSR count). The van der Waals surface area contributed by atoms with E-state index in [0.717, 1.165) is 22.8 Å². The fourth-order valence-corrected chi connectivity index (χ4v) is 5.39. The Morgan fingerprint density at radius 2 is 0.900 bits per heavy atom. The van der Waals surface area contributed by atoms with E-state index < -0.39 is 0 Å². The highest BCUT2D eigenvalue weighted by Gasteiger charge is 2.14. The van der Waals surface area contributed by atoms with Gasteiger partial charge in [-0.2, -0.15) is 9.13 Å². The van der Waals surface area contributed by atoms with Crippen LogP contribution in [0.25, 0.3) is 0 Å². The van der Waals surface area contributed by atoms with Gasteiger partial charge in [-0.05, 0) is 12.8 Å². The van der Waals surface area contributed by atoms with Crippen molar-refractivity contribution in [3.63, 3.8) is 0 Å². The van der Waals surface area contributed by atoms with Crippen LogP contribution in [-0.2, 0) is 26.3 Å². The van der Waals surface area contributed by atoms with E-state index in [2.05, 4.69) is 34.0 Å². The molecule has 0 aliphatic rings. The molecule has 0 radical (unpaired) electrons. The average molecular weight is 681 g/mol. The van der Waals surface area contributed by atoms with Gasteiger partial charge >= 0.3 is 0 Å². The van der Waals surface area contributed by atoms with Gasteiger partial charge in [0.05, 0.1) is 13.2 Å². The van der Waals surface area contributed by atoms with E-state index in [0.29, 0.717) is 0 Å². The van der Waals surface area contributed by atoms with E-state index in [4.69, 9.17) is 0 Å². The van der Waals surface area contributed by atoms with Gasteiger partial charge in [0.25, 0.3) is 0 Å². The number of aryl methyl sites for hydroxylation is 2. The van der Waals surface area contributed by atoms with Crippen LogP contribution in [0, 0.1) is 13.8 Å². The summed E-state index contributed by atoms with van der Waals surface area (Å²) in [5.41, 5.74) is 6.75. The van der Waals surface area contributed by atoms with Crippen LogP contribution in [0.3, 0.4) is 0 Å². The Labute approximate surface area is 224 Å². The highest BCUT2D eigenvalue weighted by Crippen LogP contribution is 2.14. The standard InChI is InChI=1S/C22H38N2O2S2.2HI/c1-19-21(15-25)27-17-23(19)13-11-9-7-5-3-4-6-8-10-12-14-24-18-28-22(16-26)20(24)2;;/h17-18,25-26H,3-16H2,1-2H3;2*1H/q+2;;/p-2. The van der Waals surface area contributed by atoms with Crippen molar-refractivity contribution in [1.82, 2.24) is 0 Å². The maximum atomic E-state index is 9.25. The SMILES string of the molecule is Cc1c(CO)sc[n+]1CCCCCCCCCCCC[n+]1csc(CO)c1C.[I-].[I-]. The number of aliphatic hydroxyl groups is 2.